The number of carbonyl (C=O) groups excluding carboxylic acids is 1. The van der Waals surface area contributed by atoms with E-state index >= 15 is 0 Å². The number of ether oxygens (including phenoxy) is 1. The molecule has 0 saturated heterocycles. The van der Waals surface area contributed by atoms with E-state index in [1.54, 1.807) is 15.6 Å². The van der Waals surface area contributed by atoms with E-state index < -0.39 is 23.1 Å². The molecule has 1 amide bonds. The Hall–Kier alpha value is -3.42. The van der Waals surface area contributed by atoms with Gasteiger partial charge in [0.05, 0.1) is 11.1 Å². The van der Waals surface area contributed by atoms with Crippen LogP contribution in [0.1, 0.15) is 41.0 Å². The van der Waals surface area contributed by atoms with Crippen LogP contribution in [0.25, 0.3) is 0 Å². The first kappa shape index (κ1) is 23.3. The Balaban J connectivity index is 1.84. The lowest BCUT2D eigenvalue weighted by Gasteiger charge is -2.45. The highest BCUT2D eigenvalue weighted by atomic mass is 35.5. The number of nitrogens with zero attached hydrogens (tertiary/aromatic N) is 3. The van der Waals surface area contributed by atoms with Crippen LogP contribution in [-0.4, -0.2) is 39.9 Å². The first-order valence-corrected chi connectivity index (χ1v) is 12.0. The van der Waals surface area contributed by atoms with Gasteiger partial charge in [0.15, 0.2) is 11.4 Å². The Kier molecular flexibility index (Phi) is 6.21. The van der Waals surface area contributed by atoms with E-state index in [1.165, 1.54) is 12.3 Å². The van der Waals surface area contributed by atoms with Crippen LogP contribution >= 0.6 is 23.2 Å². The monoisotopic (exact) mass is 511 g/mol. The Morgan fingerprint density at radius 3 is 2.60 bits per heavy atom. The molecule has 0 spiro atoms. The van der Waals surface area contributed by atoms with Gasteiger partial charge in [0, 0.05) is 17.8 Å². The minimum Gasteiger partial charge on any atom is -0.502 e. The van der Waals surface area contributed by atoms with Crippen molar-refractivity contribution in [3.8, 4) is 11.5 Å². The smallest absolute Gasteiger partial charge is 0.278 e. The molecule has 0 saturated carbocycles. The second-order valence-corrected chi connectivity index (χ2v) is 9.17. The van der Waals surface area contributed by atoms with E-state index in [4.69, 9.17) is 27.9 Å². The van der Waals surface area contributed by atoms with Crippen LogP contribution in [0.15, 0.2) is 71.7 Å². The van der Waals surface area contributed by atoms with Crippen molar-refractivity contribution in [2.24, 2.45) is 0 Å². The number of aromatic nitrogens is 1. The van der Waals surface area contributed by atoms with Crippen LogP contribution in [-0.2, 0) is 0 Å². The standard InChI is InChI=1S/C26H23Cl2N3O4/c1-2-17-9-6-14-35-25-18(10-11-19(27)21(25)28)22(16-7-4-3-5-8-16)31-15-29(17)26(34)23-24(33)20(32)12-13-30(23)31/h3-13,17,22,33H,2,14-15H2,1H3/b9-6-/t17-,22+/m1/s1. The molecule has 3 heterocycles. The first-order valence-electron chi connectivity index (χ1n) is 11.3. The first-order chi connectivity index (χ1) is 16.9. The number of pyridine rings is 1. The van der Waals surface area contributed by atoms with Crippen molar-refractivity contribution in [1.29, 1.82) is 0 Å². The van der Waals surface area contributed by atoms with Gasteiger partial charge in [-0.3, -0.25) is 19.3 Å². The average molecular weight is 512 g/mol. The zero-order valence-corrected chi connectivity index (χ0v) is 20.4. The van der Waals surface area contributed by atoms with Gasteiger partial charge in [-0.05, 0) is 24.1 Å². The van der Waals surface area contributed by atoms with Crippen molar-refractivity contribution in [1.82, 2.24) is 9.58 Å². The quantitative estimate of drug-likeness (QED) is 0.503. The van der Waals surface area contributed by atoms with E-state index in [-0.39, 0.29) is 30.0 Å². The molecule has 2 aromatic carbocycles. The molecule has 1 aromatic heterocycles. The van der Waals surface area contributed by atoms with Crippen LogP contribution in [0.2, 0.25) is 10.0 Å². The van der Waals surface area contributed by atoms with Crippen molar-refractivity contribution in [2.45, 2.75) is 25.4 Å². The number of aromatic hydroxyl groups is 1. The maximum Gasteiger partial charge on any atom is 0.278 e. The fourth-order valence-corrected chi connectivity index (χ4v) is 5.05. The molecule has 180 valence electrons. The normalized spacial score (nSPS) is 20.4. The minimum atomic E-state index is -0.617. The maximum absolute atomic E-state index is 13.6. The summed E-state index contributed by atoms with van der Waals surface area (Å²) in [7, 11) is 0. The average Bonchev–Trinajstić information content (AvgIpc) is 2.89. The molecule has 1 N–H and O–H groups in total. The SMILES string of the molecule is CC[C@@H]1/C=C\COc2c(ccc(Cl)c2Cl)[C@H](c2ccccc2)N2CN1C(=O)c1c(O)c(=O)ccn12. The number of benzene rings is 2. The van der Waals surface area contributed by atoms with Gasteiger partial charge in [-0.1, -0.05) is 72.6 Å². The fourth-order valence-electron chi connectivity index (χ4n) is 4.68. The lowest BCUT2D eigenvalue weighted by Crippen LogP contribution is -2.57. The molecule has 2 bridgehead atoms. The van der Waals surface area contributed by atoms with Gasteiger partial charge in [-0.15, -0.1) is 0 Å². The molecule has 2 aliphatic rings. The molecular formula is C26H23Cl2N3O4. The van der Waals surface area contributed by atoms with Crippen LogP contribution in [0.3, 0.4) is 0 Å². The summed E-state index contributed by atoms with van der Waals surface area (Å²) in [5.41, 5.74) is 0.925. The van der Waals surface area contributed by atoms with Crippen LogP contribution in [0.5, 0.6) is 11.5 Å². The third kappa shape index (κ3) is 3.94. The summed E-state index contributed by atoms with van der Waals surface area (Å²) in [5, 5.41) is 13.3. The largest absolute Gasteiger partial charge is 0.502 e. The Labute approximate surface area is 212 Å². The number of rotatable bonds is 2. The fraction of sp³-hybridized carbons (Fsp3) is 0.231. The second-order valence-electron chi connectivity index (χ2n) is 8.39. The molecule has 7 nitrogen and oxygen atoms in total. The predicted octanol–water partition coefficient (Wildman–Crippen LogP) is 4.73. The van der Waals surface area contributed by atoms with E-state index in [9.17, 15) is 14.7 Å². The van der Waals surface area contributed by atoms with Gasteiger partial charge in [0.25, 0.3) is 5.91 Å². The molecule has 35 heavy (non-hydrogen) atoms. The number of hydrogen-bond donors (Lipinski definition) is 1. The molecule has 3 aromatic rings. The Morgan fingerprint density at radius 2 is 1.86 bits per heavy atom. The third-order valence-corrected chi connectivity index (χ3v) is 7.17. The molecule has 0 fully saturated rings. The van der Waals surface area contributed by atoms with Gasteiger partial charge in [0.2, 0.25) is 5.43 Å². The van der Waals surface area contributed by atoms with Crippen molar-refractivity contribution in [3.63, 3.8) is 0 Å². The Bertz CT molecular complexity index is 1370. The zero-order chi connectivity index (χ0) is 24.7. The highest BCUT2D eigenvalue weighted by molar-refractivity contribution is 6.43. The second kappa shape index (κ2) is 9.32. The van der Waals surface area contributed by atoms with Gasteiger partial charge in [-0.2, -0.15) is 0 Å². The molecular weight excluding hydrogens is 489 g/mol. The van der Waals surface area contributed by atoms with Crippen LogP contribution in [0.4, 0.5) is 0 Å². The number of amides is 1. The van der Waals surface area contributed by atoms with Crippen LogP contribution in [0, 0.1) is 0 Å². The van der Waals surface area contributed by atoms with Crippen molar-refractivity contribution < 1.29 is 14.6 Å². The van der Waals surface area contributed by atoms with E-state index in [1.807, 2.05) is 60.5 Å². The van der Waals surface area contributed by atoms with Crippen LogP contribution < -0.4 is 15.2 Å². The molecule has 0 unspecified atom stereocenters. The lowest BCUT2D eigenvalue weighted by atomic mass is 9.96. The molecule has 9 heteroatoms. The summed E-state index contributed by atoms with van der Waals surface area (Å²) in [6.45, 7) is 2.39. The highest BCUT2D eigenvalue weighted by Gasteiger charge is 2.39. The number of halogens is 2. The molecule has 2 atom stereocenters. The minimum absolute atomic E-state index is 0.0849. The predicted molar refractivity (Wildman–Crippen MR) is 135 cm³/mol. The topological polar surface area (TPSA) is 75.0 Å². The van der Waals surface area contributed by atoms with Gasteiger partial charge < -0.3 is 14.7 Å². The van der Waals surface area contributed by atoms with Gasteiger partial charge in [0.1, 0.15) is 30.1 Å². The summed E-state index contributed by atoms with van der Waals surface area (Å²) in [6, 6.07) is 13.7. The molecule has 0 aliphatic carbocycles. The molecule has 5 rings (SSSR count). The summed E-state index contributed by atoms with van der Waals surface area (Å²) in [6.07, 6.45) is 5.87. The number of carbonyl (C=O) groups is 1. The van der Waals surface area contributed by atoms with E-state index in [0.29, 0.717) is 17.2 Å². The summed E-state index contributed by atoms with van der Waals surface area (Å²) in [5.74, 6) is -0.574. The lowest BCUT2D eigenvalue weighted by molar-refractivity contribution is 0.0626. The van der Waals surface area contributed by atoms with E-state index in [2.05, 4.69) is 0 Å². The summed E-state index contributed by atoms with van der Waals surface area (Å²) in [4.78, 5) is 27.6. The van der Waals surface area contributed by atoms with Gasteiger partial charge >= 0.3 is 0 Å². The number of fused-ring (bicyclic) bond motifs is 5. The third-order valence-electron chi connectivity index (χ3n) is 6.38. The summed E-state index contributed by atoms with van der Waals surface area (Å²) >= 11 is 13.0. The van der Waals surface area contributed by atoms with Crippen molar-refractivity contribution in [3.05, 3.63) is 104 Å². The summed E-state index contributed by atoms with van der Waals surface area (Å²) < 4.78 is 7.69. The van der Waals surface area contributed by atoms with Crippen molar-refractivity contribution >= 4 is 29.1 Å². The van der Waals surface area contributed by atoms with E-state index in [0.717, 1.165) is 11.1 Å². The van der Waals surface area contributed by atoms with Crippen molar-refractivity contribution in [2.75, 3.05) is 18.3 Å². The highest BCUT2D eigenvalue weighted by Crippen LogP contribution is 2.43. The zero-order valence-electron chi connectivity index (χ0n) is 18.9. The van der Waals surface area contributed by atoms with Gasteiger partial charge in [-0.25, -0.2) is 0 Å². The maximum atomic E-state index is 13.6. The number of hydrogen-bond acceptors (Lipinski definition) is 5. The molecule has 0 radical (unpaired) electrons. The Morgan fingerprint density at radius 1 is 1.09 bits per heavy atom. The molecule has 2 aliphatic heterocycles.